The van der Waals surface area contributed by atoms with Crippen LogP contribution in [0.25, 0.3) is 0 Å². The van der Waals surface area contributed by atoms with Crippen LogP contribution in [0.5, 0.6) is 0 Å². The van der Waals surface area contributed by atoms with E-state index in [2.05, 4.69) is 4.98 Å². The van der Waals surface area contributed by atoms with Crippen molar-refractivity contribution in [2.75, 3.05) is 11.5 Å². The molecule has 1 aromatic rings. The minimum atomic E-state index is -0.476. The van der Waals surface area contributed by atoms with Gasteiger partial charge >= 0.3 is 0 Å². The molecule has 0 saturated heterocycles. The van der Waals surface area contributed by atoms with E-state index < -0.39 is 5.56 Å². The molecule has 5 nitrogen and oxygen atoms in total. The lowest BCUT2D eigenvalue weighted by Crippen LogP contribution is -2.18. The highest BCUT2D eigenvalue weighted by Crippen LogP contribution is 2.02. The van der Waals surface area contributed by atoms with Crippen molar-refractivity contribution in [1.82, 2.24) is 9.55 Å². The third kappa shape index (κ3) is 0.812. The first-order chi connectivity index (χ1) is 4.63. The molecule has 0 bridgehead atoms. The van der Waals surface area contributed by atoms with Crippen LogP contribution >= 0.6 is 0 Å². The Hall–Kier alpha value is -1.52. The molecule has 10 heavy (non-hydrogen) atoms. The molecule has 0 aliphatic carbocycles. The van der Waals surface area contributed by atoms with E-state index in [1.54, 1.807) is 7.05 Å². The predicted octanol–water partition coefficient (Wildman–Crippen LogP) is -1.06. The molecule has 0 amide bonds. The van der Waals surface area contributed by atoms with Crippen LogP contribution in [0.3, 0.4) is 0 Å². The molecule has 54 valence electrons. The summed E-state index contributed by atoms with van der Waals surface area (Å²) in [7, 11) is 1.66. The van der Waals surface area contributed by atoms with E-state index in [1.165, 1.54) is 10.9 Å². The molecular formula is C5H8N4O. The van der Waals surface area contributed by atoms with Crippen molar-refractivity contribution in [3.05, 3.63) is 16.7 Å². The fourth-order valence-corrected chi connectivity index (χ4v) is 0.570. The summed E-state index contributed by atoms with van der Waals surface area (Å²) in [4.78, 5) is 14.1. The van der Waals surface area contributed by atoms with E-state index in [-0.39, 0.29) is 11.5 Å². The van der Waals surface area contributed by atoms with Gasteiger partial charge in [0.25, 0.3) is 5.56 Å². The van der Waals surface area contributed by atoms with Crippen LogP contribution in [0, 0.1) is 0 Å². The molecule has 0 spiro atoms. The zero-order valence-corrected chi connectivity index (χ0v) is 5.53. The van der Waals surface area contributed by atoms with Crippen LogP contribution in [-0.4, -0.2) is 9.55 Å². The second kappa shape index (κ2) is 2.02. The second-order valence-corrected chi connectivity index (χ2v) is 1.96. The van der Waals surface area contributed by atoms with Gasteiger partial charge in [-0.05, 0) is 0 Å². The zero-order valence-electron chi connectivity index (χ0n) is 5.53. The third-order valence-corrected chi connectivity index (χ3v) is 1.23. The molecule has 1 rings (SSSR count). The van der Waals surface area contributed by atoms with Crippen LogP contribution in [0.1, 0.15) is 0 Å². The Kier molecular flexibility index (Phi) is 1.33. The molecule has 0 fully saturated rings. The Balaban J connectivity index is 3.49. The fraction of sp³-hybridized carbons (Fsp3) is 0.200. The summed E-state index contributed by atoms with van der Waals surface area (Å²) in [6.45, 7) is 0. The van der Waals surface area contributed by atoms with Gasteiger partial charge < -0.3 is 16.0 Å². The summed E-state index contributed by atoms with van der Waals surface area (Å²) in [6.07, 6.45) is 1.33. The standard InChI is InChI=1S/C5H8N4O/c1-9-2-8-5(10)3(6)4(9)7/h2H,6-7H2,1H3. The van der Waals surface area contributed by atoms with Crippen molar-refractivity contribution in [1.29, 1.82) is 0 Å². The van der Waals surface area contributed by atoms with Crippen LogP contribution in [0.15, 0.2) is 11.1 Å². The highest BCUT2D eigenvalue weighted by Gasteiger charge is 2.00. The molecule has 1 aromatic heterocycles. The number of aromatic nitrogens is 2. The van der Waals surface area contributed by atoms with Crippen molar-refractivity contribution < 1.29 is 0 Å². The summed E-state index contributed by atoms with van der Waals surface area (Å²) in [5.41, 5.74) is 10.2. The normalized spacial score (nSPS) is 9.70. The molecule has 0 aromatic carbocycles. The Labute approximate surface area is 57.3 Å². The fourth-order valence-electron chi connectivity index (χ4n) is 0.570. The number of nitrogens with zero attached hydrogens (tertiary/aromatic N) is 2. The van der Waals surface area contributed by atoms with Crippen LogP contribution in [0.2, 0.25) is 0 Å². The number of nitrogens with two attached hydrogens (primary N) is 2. The molecule has 0 radical (unpaired) electrons. The van der Waals surface area contributed by atoms with E-state index in [9.17, 15) is 4.79 Å². The summed E-state index contributed by atoms with van der Waals surface area (Å²) in [5.74, 6) is 0.250. The number of hydrogen-bond acceptors (Lipinski definition) is 4. The number of hydrogen-bond donors (Lipinski definition) is 2. The van der Waals surface area contributed by atoms with Crippen LogP contribution in [-0.2, 0) is 7.05 Å². The summed E-state index contributed by atoms with van der Waals surface area (Å²) >= 11 is 0. The second-order valence-electron chi connectivity index (χ2n) is 1.96. The SMILES string of the molecule is Cn1cnc(=O)c(N)c1N. The van der Waals surface area contributed by atoms with Crippen molar-refractivity contribution in [2.24, 2.45) is 7.05 Å². The topological polar surface area (TPSA) is 86.9 Å². The lowest BCUT2D eigenvalue weighted by Gasteiger charge is -2.02. The molecule has 0 aliphatic heterocycles. The van der Waals surface area contributed by atoms with E-state index in [0.717, 1.165) is 0 Å². The maximum atomic E-state index is 10.7. The first kappa shape index (κ1) is 6.60. The summed E-state index contributed by atoms with van der Waals surface area (Å²) in [5, 5.41) is 0. The number of anilines is 2. The van der Waals surface area contributed by atoms with Crippen molar-refractivity contribution in [3.63, 3.8) is 0 Å². The van der Waals surface area contributed by atoms with Crippen LogP contribution < -0.4 is 17.0 Å². The Morgan fingerprint density at radius 1 is 1.60 bits per heavy atom. The molecule has 1 heterocycles. The molecule has 0 aliphatic rings. The highest BCUT2D eigenvalue weighted by atomic mass is 16.1. The Morgan fingerprint density at radius 3 is 2.70 bits per heavy atom. The van der Waals surface area contributed by atoms with Crippen molar-refractivity contribution in [3.8, 4) is 0 Å². The highest BCUT2D eigenvalue weighted by molar-refractivity contribution is 5.56. The van der Waals surface area contributed by atoms with Gasteiger partial charge in [-0.3, -0.25) is 4.79 Å². The van der Waals surface area contributed by atoms with E-state index in [0.29, 0.717) is 0 Å². The summed E-state index contributed by atoms with van der Waals surface area (Å²) < 4.78 is 1.48. The van der Waals surface area contributed by atoms with Gasteiger partial charge in [0.2, 0.25) is 0 Å². The largest absolute Gasteiger partial charge is 0.391 e. The minimum Gasteiger partial charge on any atom is -0.391 e. The maximum Gasteiger partial charge on any atom is 0.298 e. The molecule has 0 unspecified atom stereocenters. The van der Waals surface area contributed by atoms with Gasteiger partial charge in [0, 0.05) is 7.05 Å². The average molecular weight is 140 g/mol. The zero-order chi connectivity index (χ0) is 7.72. The quantitative estimate of drug-likeness (QED) is 0.481. The number of aryl methyl sites for hydroxylation is 1. The lowest BCUT2D eigenvalue weighted by atomic mass is 10.5. The van der Waals surface area contributed by atoms with E-state index >= 15 is 0 Å². The number of nitrogen functional groups attached to an aromatic ring is 2. The summed E-state index contributed by atoms with van der Waals surface area (Å²) in [6, 6.07) is 0. The van der Waals surface area contributed by atoms with Gasteiger partial charge in [0.1, 0.15) is 17.8 Å². The first-order valence-electron chi connectivity index (χ1n) is 2.69. The van der Waals surface area contributed by atoms with Gasteiger partial charge in [-0.2, -0.15) is 4.98 Å². The van der Waals surface area contributed by atoms with Crippen molar-refractivity contribution in [2.45, 2.75) is 0 Å². The molecular weight excluding hydrogens is 132 g/mol. The third-order valence-electron chi connectivity index (χ3n) is 1.23. The number of rotatable bonds is 0. The van der Waals surface area contributed by atoms with E-state index in [4.69, 9.17) is 11.5 Å². The molecule has 5 heteroatoms. The first-order valence-corrected chi connectivity index (χ1v) is 2.69. The molecule has 4 N–H and O–H groups in total. The van der Waals surface area contributed by atoms with Gasteiger partial charge in [0.05, 0.1) is 0 Å². The van der Waals surface area contributed by atoms with E-state index in [1.807, 2.05) is 0 Å². The Bertz CT molecular complexity index is 303. The molecule has 0 saturated carbocycles. The van der Waals surface area contributed by atoms with Gasteiger partial charge in [-0.15, -0.1) is 0 Å². The predicted molar refractivity (Wildman–Crippen MR) is 38.3 cm³/mol. The van der Waals surface area contributed by atoms with Crippen molar-refractivity contribution >= 4 is 11.5 Å². The minimum absolute atomic E-state index is 0.00463. The lowest BCUT2D eigenvalue weighted by molar-refractivity contribution is 0.871. The maximum absolute atomic E-state index is 10.7. The molecule has 0 atom stereocenters. The van der Waals surface area contributed by atoms with Gasteiger partial charge in [-0.1, -0.05) is 0 Å². The monoisotopic (exact) mass is 140 g/mol. The van der Waals surface area contributed by atoms with Crippen LogP contribution in [0.4, 0.5) is 11.5 Å². The average Bonchev–Trinajstić information content (AvgIpc) is 1.93. The van der Waals surface area contributed by atoms with Gasteiger partial charge in [-0.25, -0.2) is 0 Å². The van der Waals surface area contributed by atoms with Gasteiger partial charge in [0.15, 0.2) is 0 Å². The Morgan fingerprint density at radius 2 is 2.20 bits per heavy atom. The smallest absolute Gasteiger partial charge is 0.298 e.